The van der Waals surface area contributed by atoms with Gasteiger partial charge < -0.3 is 14.6 Å². The van der Waals surface area contributed by atoms with Gasteiger partial charge in [-0.2, -0.15) is 0 Å². The molecule has 2 aromatic heterocycles. The Morgan fingerprint density at radius 1 is 1.19 bits per heavy atom. The molecule has 7 heteroatoms. The molecule has 0 saturated carbocycles. The van der Waals surface area contributed by atoms with E-state index in [0.29, 0.717) is 35.3 Å². The van der Waals surface area contributed by atoms with Crippen LogP contribution in [0.4, 0.5) is 5.82 Å². The maximum Gasteiger partial charge on any atom is 0.260 e. The molecule has 0 unspecified atom stereocenters. The molecule has 2 bridgehead atoms. The summed E-state index contributed by atoms with van der Waals surface area (Å²) in [6, 6.07) is 11.1. The second kappa shape index (κ2) is 6.95. The third kappa shape index (κ3) is 3.28. The SMILES string of the molecule is Cc1ccc2c(c1)C(=O)Nc1cccc(n1)-c1nncn1CCCCO2. The first-order valence-corrected chi connectivity index (χ1v) is 8.61. The zero-order chi connectivity index (χ0) is 17.9. The number of rotatable bonds is 0. The van der Waals surface area contributed by atoms with E-state index in [-0.39, 0.29) is 5.91 Å². The van der Waals surface area contributed by atoms with Gasteiger partial charge in [-0.1, -0.05) is 17.7 Å². The fraction of sp³-hybridized carbons (Fsp3) is 0.263. The number of ether oxygens (including phenoxy) is 1. The number of hydrogen-bond donors (Lipinski definition) is 1. The average Bonchev–Trinajstić information content (AvgIpc) is 3.10. The van der Waals surface area contributed by atoms with E-state index in [2.05, 4.69) is 20.5 Å². The molecule has 132 valence electrons. The van der Waals surface area contributed by atoms with E-state index >= 15 is 0 Å². The lowest BCUT2D eigenvalue weighted by Gasteiger charge is -2.14. The van der Waals surface area contributed by atoms with Crippen LogP contribution in [0.5, 0.6) is 5.75 Å². The predicted molar refractivity (Wildman–Crippen MR) is 97.1 cm³/mol. The Labute approximate surface area is 151 Å². The molecule has 1 aliphatic heterocycles. The summed E-state index contributed by atoms with van der Waals surface area (Å²) in [5, 5.41) is 11.0. The molecule has 26 heavy (non-hydrogen) atoms. The van der Waals surface area contributed by atoms with Crippen molar-refractivity contribution in [1.29, 1.82) is 0 Å². The molecule has 1 aliphatic rings. The van der Waals surface area contributed by atoms with Gasteiger partial charge in [0, 0.05) is 6.54 Å². The number of nitrogens with one attached hydrogen (secondary N) is 1. The van der Waals surface area contributed by atoms with Crippen molar-refractivity contribution in [1.82, 2.24) is 19.7 Å². The zero-order valence-electron chi connectivity index (χ0n) is 14.5. The Balaban J connectivity index is 1.74. The molecule has 0 saturated heterocycles. The van der Waals surface area contributed by atoms with Crippen LogP contribution in [0.25, 0.3) is 11.5 Å². The van der Waals surface area contributed by atoms with Crippen molar-refractivity contribution in [3.63, 3.8) is 0 Å². The van der Waals surface area contributed by atoms with Crippen LogP contribution in [0.3, 0.4) is 0 Å². The zero-order valence-corrected chi connectivity index (χ0v) is 14.5. The lowest BCUT2D eigenvalue weighted by Crippen LogP contribution is -2.16. The molecule has 1 aromatic carbocycles. The smallest absolute Gasteiger partial charge is 0.260 e. The Morgan fingerprint density at radius 2 is 2.12 bits per heavy atom. The van der Waals surface area contributed by atoms with E-state index in [1.165, 1.54) is 0 Å². The number of carbonyl (C=O) groups excluding carboxylic acids is 1. The highest BCUT2D eigenvalue weighted by atomic mass is 16.5. The molecule has 3 heterocycles. The second-order valence-corrected chi connectivity index (χ2v) is 6.27. The molecule has 0 aliphatic carbocycles. The van der Waals surface area contributed by atoms with Crippen LogP contribution >= 0.6 is 0 Å². The van der Waals surface area contributed by atoms with E-state index in [4.69, 9.17) is 4.74 Å². The number of aromatic nitrogens is 4. The topological polar surface area (TPSA) is 81.9 Å². The molecule has 4 rings (SSSR count). The monoisotopic (exact) mass is 349 g/mol. The number of aryl methyl sites for hydroxylation is 2. The lowest BCUT2D eigenvalue weighted by molar-refractivity contribution is 0.102. The number of nitrogens with zero attached hydrogens (tertiary/aromatic N) is 4. The molecule has 0 fully saturated rings. The van der Waals surface area contributed by atoms with Gasteiger partial charge in [0.2, 0.25) is 0 Å². The highest BCUT2D eigenvalue weighted by molar-refractivity contribution is 6.06. The highest BCUT2D eigenvalue weighted by Gasteiger charge is 2.16. The maximum absolute atomic E-state index is 12.8. The third-order valence-electron chi connectivity index (χ3n) is 4.27. The van der Waals surface area contributed by atoms with Gasteiger partial charge in [-0.3, -0.25) is 4.79 Å². The molecule has 0 atom stereocenters. The molecule has 3 aromatic rings. The van der Waals surface area contributed by atoms with Gasteiger partial charge in [-0.25, -0.2) is 4.98 Å². The van der Waals surface area contributed by atoms with Crippen molar-refractivity contribution in [2.75, 3.05) is 11.9 Å². The lowest BCUT2D eigenvalue weighted by atomic mass is 10.1. The number of carbonyl (C=O) groups is 1. The van der Waals surface area contributed by atoms with Crippen molar-refractivity contribution < 1.29 is 9.53 Å². The summed E-state index contributed by atoms with van der Waals surface area (Å²) in [5.41, 5.74) is 2.19. The van der Waals surface area contributed by atoms with E-state index in [0.717, 1.165) is 24.9 Å². The van der Waals surface area contributed by atoms with Crippen molar-refractivity contribution in [2.45, 2.75) is 26.3 Å². The molecule has 0 spiro atoms. The molecule has 0 radical (unpaired) electrons. The first kappa shape index (κ1) is 16.3. The van der Waals surface area contributed by atoms with Crippen LogP contribution in [0.2, 0.25) is 0 Å². The summed E-state index contributed by atoms with van der Waals surface area (Å²) < 4.78 is 7.83. The predicted octanol–water partition coefficient (Wildman–Crippen LogP) is 3.07. The standard InChI is InChI=1S/C19H19N5O2/c1-13-7-8-16-14(11-13)19(25)22-17-6-4-5-15(21-17)18-23-20-12-24(18)9-2-3-10-26-16/h4-8,11-12H,2-3,9-10H2,1H3,(H,21,22,25). The fourth-order valence-electron chi connectivity index (χ4n) is 2.94. The summed E-state index contributed by atoms with van der Waals surface area (Å²) in [4.78, 5) is 17.3. The molecule has 7 nitrogen and oxygen atoms in total. The number of hydrogen-bond acceptors (Lipinski definition) is 5. The van der Waals surface area contributed by atoms with Crippen LogP contribution in [-0.2, 0) is 6.54 Å². The minimum Gasteiger partial charge on any atom is -0.493 e. The quantitative estimate of drug-likeness (QED) is 0.674. The van der Waals surface area contributed by atoms with Crippen LogP contribution in [0.1, 0.15) is 28.8 Å². The van der Waals surface area contributed by atoms with E-state index in [9.17, 15) is 4.79 Å². The van der Waals surface area contributed by atoms with Gasteiger partial charge in [0.25, 0.3) is 5.91 Å². The van der Waals surface area contributed by atoms with Crippen molar-refractivity contribution in [2.24, 2.45) is 0 Å². The minimum atomic E-state index is -0.244. The van der Waals surface area contributed by atoms with Gasteiger partial charge in [-0.15, -0.1) is 10.2 Å². The Morgan fingerprint density at radius 3 is 3.04 bits per heavy atom. The summed E-state index contributed by atoms with van der Waals surface area (Å²) in [5.74, 6) is 1.50. The van der Waals surface area contributed by atoms with Crippen LogP contribution < -0.4 is 10.1 Å². The summed E-state index contributed by atoms with van der Waals surface area (Å²) in [6.07, 6.45) is 3.48. The first-order valence-electron chi connectivity index (χ1n) is 8.61. The number of benzene rings is 1. The Bertz CT molecular complexity index is 951. The van der Waals surface area contributed by atoms with Crippen LogP contribution in [0.15, 0.2) is 42.7 Å². The molecule has 1 amide bonds. The highest BCUT2D eigenvalue weighted by Crippen LogP contribution is 2.23. The Kier molecular flexibility index (Phi) is 4.35. The van der Waals surface area contributed by atoms with Gasteiger partial charge in [-0.05, 0) is 44.0 Å². The van der Waals surface area contributed by atoms with Crippen molar-refractivity contribution >= 4 is 11.7 Å². The van der Waals surface area contributed by atoms with Gasteiger partial charge in [0.1, 0.15) is 23.6 Å². The number of pyridine rings is 1. The van der Waals surface area contributed by atoms with Crippen molar-refractivity contribution in [3.05, 3.63) is 53.9 Å². The average molecular weight is 349 g/mol. The van der Waals surface area contributed by atoms with Gasteiger partial charge in [0.15, 0.2) is 5.82 Å². The third-order valence-corrected chi connectivity index (χ3v) is 4.27. The number of anilines is 1. The fourth-order valence-corrected chi connectivity index (χ4v) is 2.94. The van der Waals surface area contributed by atoms with E-state index < -0.39 is 0 Å². The van der Waals surface area contributed by atoms with Crippen LogP contribution in [0, 0.1) is 6.92 Å². The molecular formula is C19H19N5O2. The number of fused-ring (bicyclic) bond motifs is 5. The summed E-state index contributed by atoms with van der Waals surface area (Å²) >= 11 is 0. The van der Waals surface area contributed by atoms with Crippen molar-refractivity contribution in [3.8, 4) is 17.3 Å². The van der Waals surface area contributed by atoms with E-state index in [1.54, 1.807) is 12.4 Å². The minimum absolute atomic E-state index is 0.244. The largest absolute Gasteiger partial charge is 0.493 e. The first-order chi connectivity index (χ1) is 12.7. The van der Waals surface area contributed by atoms with Gasteiger partial charge >= 0.3 is 0 Å². The van der Waals surface area contributed by atoms with Gasteiger partial charge in [0.05, 0.1) is 12.2 Å². The molecular weight excluding hydrogens is 330 g/mol. The second-order valence-electron chi connectivity index (χ2n) is 6.27. The summed E-state index contributed by atoms with van der Waals surface area (Å²) in [6.45, 7) is 3.28. The van der Waals surface area contributed by atoms with Crippen LogP contribution in [-0.4, -0.2) is 32.3 Å². The Hall–Kier alpha value is -3.22. The number of amides is 1. The maximum atomic E-state index is 12.8. The summed E-state index contributed by atoms with van der Waals surface area (Å²) in [7, 11) is 0. The van der Waals surface area contributed by atoms with E-state index in [1.807, 2.05) is 41.8 Å². The normalized spacial score (nSPS) is 14.4. The molecule has 1 N–H and O–H groups in total.